The van der Waals surface area contributed by atoms with Crippen molar-refractivity contribution in [2.24, 2.45) is 0 Å². The van der Waals surface area contributed by atoms with Crippen LogP contribution < -0.4 is 4.74 Å². The number of ether oxygens (including phenoxy) is 1. The standard InChI is InChI=1S/C27H24O2/c1-27(2,3)24-12-14-25(15-13-24)29-26-17-22(10-11-23(26)18-28)21-9-8-19-6-4-5-7-20(19)16-21/h4-18H,1-3H3. The van der Waals surface area contributed by atoms with E-state index in [0.717, 1.165) is 23.2 Å². The van der Waals surface area contributed by atoms with Crippen molar-refractivity contribution in [3.05, 3.63) is 96.1 Å². The minimum absolute atomic E-state index is 0.0858. The summed E-state index contributed by atoms with van der Waals surface area (Å²) in [5.41, 5.74) is 3.97. The van der Waals surface area contributed by atoms with Crippen molar-refractivity contribution in [3.63, 3.8) is 0 Å². The first-order valence-electron chi connectivity index (χ1n) is 9.81. The Hall–Kier alpha value is -3.39. The molecule has 4 aromatic carbocycles. The van der Waals surface area contributed by atoms with E-state index in [-0.39, 0.29) is 5.41 Å². The maximum atomic E-state index is 11.5. The van der Waals surface area contributed by atoms with Crippen LogP contribution in [0.15, 0.2) is 84.9 Å². The second kappa shape index (κ2) is 7.56. The second-order valence-electron chi connectivity index (χ2n) is 8.31. The van der Waals surface area contributed by atoms with Gasteiger partial charge in [-0.15, -0.1) is 0 Å². The first-order valence-corrected chi connectivity index (χ1v) is 9.81. The van der Waals surface area contributed by atoms with E-state index in [0.29, 0.717) is 11.3 Å². The van der Waals surface area contributed by atoms with Crippen LogP contribution in [0.5, 0.6) is 11.5 Å². The van der Waals surface area contributed by atoms with E-state index < -0.39 is 0 Å². The average molecular weight is 380 g/mol. The van der Waals surface area contributed by atoms with Crippen LogP contribution in [0.3, 0.4) is 0 Å². The summed E-state index contributed by atoms with van der Waals surface area (Å²) in [5.74, 6) is 1.28. The lowest BCUT2D eigenvalue weighted by molar-refractivity contribution is 0.112. The summed E-state index contributed by atoms with van der Waals surface area (Å²) in [6.45, 7) is 6.54. The van der Waals surface area contributed by atoms with E-state index in [4.69, 9.17) is 4.74 Å². The van der Waals surface area contributed by atoms with Gasteiger partial charge in [-0.2, -0.15) is 0 Å². The van der Waals surface area contributed by atoms with Gasteiger partial charge in [-0.1, -0.05) is 75.4 Å². The van der Waals surface area contributed by atoms with Gasteiger partial charge in [0.2, 0.25) is 0 Å². The molecule has 0 radical (unpaired) electrons. The molecule has 0 fully saturated rings. The lowest BCUT2D eigenvalue weighted by Crippen LogP contribution is -2.10. The van der Waals surface area contributed by atoms with E-state index in [9.17, 15) is 4.79 Å². The molecular weight excluding hydrogens is 356 g/mol. The number of fused-ring (bicyclic) bond motifs is 1. The van der Waals surface area contributed by atoms with Crippen LogP contribution in [0.4, 0.5) is 0 Å². The number of carbonyl (C=O) groups is 1. The Morgan fingerprint density at radius 3 is 2.07 bits per heavy atom. The lowest BCUT2D eigenvalue weighted by atomic mass is 9.87. The van der Waals surface area contributed by atoms with Gasteiger partial charge in [0, 0.05) is 0 Å². The molecule has 29 heavy (non-hydrogen) atoms. The molecule has 0 unspecified atom stereocenters. The zero-order valence-electron chi connectivity index (χ0n) is 17.0. The van der Waals surface area contributed by atoms with Crippen molar-refractivity contribution >= 4 is 17.1 Å². The summed E-state index contributed by atoms with van der Waals surface area (Å²) in [5, 5.41) is 2.39. The molecule has 4 aromatic rings. The fraction of sp³-hybridized carbons (Fsp3) is 0.148. The largest absolute Gasteiger partial charge is 0.457 e. The predicted octanol–water partition coefficient (Wildman–Crippen LogP) is 7.41. The van der Waals surface area contributed by atoms with Gasteiger partial charge < -0.3 is 4.74 Å². The van der Waals surface area contributed by atoms with Crippen molar-refractivity contribution < 1.29 is 9.53 Å². The van der Waals surface area contributed by atoms with Crippen LogP contribution in [0.1, 0.15) is 36.7 Å². The summed E-state index contributed by atoms with van der Waals surface area (Å²) < 4.78 is 6.09. The number of carbonyl (C=O) groups excluding carboxylic acids is 1. The van der Waals surface area contributed by atoms with Gasteiger partial charge in [-0.3, -0.25) is 4.79 Å². The number of hydrogen-bond donors (Lipinski definition) is 0. The third-order valence-corrected chi connectivity index (χ3v) is 5.17. The Kier molecular flexibility index (Phi) is 4.94. The molecule has 0 aliphatic heterocycles. The fourth-order valence-corrected chi connectivity index (χ4v) is 3.42. The van der Waals surface area contributed by atoms with Crippen LogP contribution in [-0.2, 0) is 5.41 Å². The predicted molar refractivity (Wildman–Crippen MR) is 120 cm³/mol. The summed E-state index contributed by atoms with van der Waals surface area (Å²) in [6, 6.07) is 28.4. The molecule has 0 atom stereocenters. The van der Waals surface area contributed by atoms with Crippen molar-refractivity contribution in [2.75, 3.05) is 0 Å². The normalized spacial score (nSPS) is 11.4. The number of aldehydes is 1. The van der Waals surface area contributed by atoms with Gasteiger partial charge in [0.25, 0.3) is 0 Å². The van der Waals surface area contributed by atoms with Crippen LogP contribution in [0.25, 0.3) is 21.9 Å². The van der Waals surface area contributed by atoms with Crippen molar-refractivity contribution in [1.29, 1.82) is 0 Å². The van der Waals surface area contributed by atoms with Crippen LogP contribution in [0.2, 0.25) is 0 Å². The SMILES string of the molecule is CC(C)(C)c1ccc(Oc2cc(-c3ccc4ccccc4c3)ccc2C=O)cc1. The molecule has 2 heteroatoms. The highest BCUT2D eigenvalue weighted by Gasteiger charge is 2.14. The summed E-state index contributed by atoms with van der Waals surface area (Å²) in [7, 11) is 0. The smallest absolute Gasteiger partial charge is 0.153 e. The van der Waals surface area contributed by atoms with E-state index >= 15 is 0 Å². The van der Waals surface area contributed by atoms with E-state index in [1.807, 2.05) is 42.5 Å². The first-order chi connectivity index (χ1) is 13.9. The molecular formula is C27H24O2. The van der Waals surface area contributed by atoms with Crippen molar-refractivity contribution in [2.45, 2.75) is 26.2 Å². The molecule has 0 heterocycles. The minimum atomic E-state index is 0.0858. The van der Waals surface area contributed by atoms with Gasteiger partial charge in [-0.05, 0) is 63.2 Å². The highest BCUT2D eigenvalue weighted by molar-refractivity contribution is 5.88. The Balaban J connectivity index is 1.68. The molecule has 4 rings (SSSR count). The molecule has 0 aliphatic rings. The Morgan fingerprint density at radius 2 is 1.38 bits per heavy atom. The topological polar surface area (TPSA) is 26.3 Å². The minimum Gasteiger partial charge on any atom is -0.457 e. The van der Waals surface area contributed by atoms with Gasteiger partial charge >= 0.3 is 0 Å². The Labute approximate surface area is 171 Å². The quantitative estimate of drug-likeness (QED) is 0.345. The number of hydrogen-bond acceptors (Lipinski definition) is 2. The molecule has 144 valence electrons. The summed E-state index contributed by atoms with van der Waals surface area (Å²) in [4.78, 5) is 11.5. The van der Waals surface area contributed by atoms with E-state index in [1.165, 1.54) is 16.3 Å². The highest BCUT2D eigenvalue weighted by atomic mass is 16.5. The number of benzene rings is 4. The Morgan fingerprint density at radius 1 is 0.724 bits per heavy atom. The molecule has 0 spiro atoms. The van der Waals surface area contributed by atoms with Crippen LogP contribution in [0, 0.1) is 0 Å². The Bertz CT molecular complexity index is 1170. The molecule has 0 aromatic heterocycles. The third kappa shape index (κ3) is 4.07. The maximum Gasteiger partial charge on any atom is 0.153 e. The maximum absolute atomic E-state index is 11.5. The van der Waals surface area contributed by atoms with Gasteiger partial charge in [-0.25, -0.2) is 0 Å². The monoisotopic (exact) mass is 380 g/mol. The van der Waals surface area contributed by atoms with E-state index in [1.54, 1.807) is 0 Å². The second-order valence-corrected chi connectivity index (χ2v) is 8.31. The zero-order valence-corrected chi connectivity index (χ0v) is 17.0. The molecule has 0 saturated carbocycles. The summed E-state index contributed by atoms with van der Waals surface area (Å²) >= 11 is 0. The van der Waals surface area contributed by atoms with Gasteiger partial charge in [0.1, 0.15) is 11.5 Å². The molecule has 0 N–H and O–H groups in total. The van der Waals surface area contributed by atoms with Crippen molar-refractivity contribution in [1.82, 2.24) is 0 Å². The zero-order chi connectivity index (χ0) is 20.4. The molecule has 2 nitrogen and oxygen atoms in total. The molecule has 0 amide bonds. The van der Waals surface area contributed by atoms with E-state index in [2.05, 4.69) is 63.2 Å². The third-order valence-electron chi connectivity index (χ3n) is 5.17. The molecule has 0 aliphatic carbocycles. The van der Waals surface area contributed by atoms with Gasteiger partial charge in [0.05, 0.1) is 5.56 Å². The fourth-order valence-electron chi connectivity index (χ4n) is 3.42. The molecule has 0 bridgehead atoms. The summed E-state index contributed by atoms with van der Waals surface area (Å²) in [6.07, 6.45) is 0.836. The highest BCUT2D eigenvalue weighted by Crippen LogP contribution is 2.32. The average Bonchev–Trinajstić information content (AvgIpc) is 2.73. The number of rotatable bonds is 4. The first kappa shape index (κ1) is 18.9. The molecule has 0 saturated heterocycles. The van der Waals surface area contributed by atoms with Crippen molar-refractivity contribution in [3.8, 4) is 22.6 Å². The van der Waals surface area contributed by atoms with Crippen LogP contribution in [-0.4, -0.2) is 6.29 Å². The lowest BCUT2D eigenvalue weighted by Gasteiger charge is -2.19. The van der Waals surface area contributed by atoms with Crippen LogP contribution >= 0.6 is 0 Å². The van der Waals surface area contributed by atoms with Gasteiger partial charge in [0.15, 0.2) is 6.29 Å².